The van der Waals surface area contributed by atoms with Crippen LogP contribution in [0.1, 0.15) is 23.8 Å². The minimum absolute atomic E-state index is 0.0833. The van der Waals surface area contributed by atoms with Gasteiger partial charge in [-0.1, -0.05) is 30.3 Å². The van der Waals surface area contributed by atoms with Crippen LogP contribution in [0.25, 0.3) is 10.9 Å². The van der Waals surface area contributed by atoms with Gasteiger partial charge in [0.15, 0.2) is 11.5 Å². The number of ether oxygens (including phenoxy) is 3. The lowest BCUT2D eigenvalue weighted by Gasteiger charge is -2.27. The summed E-state index contributed by atoms with van der Waals surface area (Å²) in [5, 5.41) is 2.68. The van der Waals surface area contributed by atoms with Crippen LogP contribution >= 0.6 is 11.3 Å². The second kappa shape index (κ2) is 15.1. The third-order valence-electron chi connectivity index (χ3n) is 6.82. The number of hydrogen-bond donors (Lipinski definition) is 0. The van der Waals surface area contributed by atoms with Crippen LogP contribution in [0.15, 0.2) is 77.1 Å². The van der Waals surface area contributed by atoms with E-state index < -0.39 is 10.0 Å². The van der Waals surface area contributed by atoms with Gasteiger partial charge in [-0.3, -0.25) is 9.78 Å². The minimum Gasteiger partial charge on any atom is -0.493 e. The molecule has 9 nitrogen and oxygen atoms in total. The first-order chi connectivity index (χ1) is 20.4. The van der Waals surface area contributed by atoms with Gasteiger partial charge >= 0.3 is 0 Å². The number of carbonyl (C=O) groups excluding carboxylic acids is 1. The van der Waals surface area contributed by atoms with Crippen molar-refractivity contribution in [1.82, 2.24) is 14.2 Å². The summed E-state index contributed by atoms with van der Waals surface area (Å²) in [6.45, 7) is 3.43. The quantitative estimate of drug-likeness (QED) is 0.165. The van der Waals surface area contributed by atoms with Crippen LogP contribution in [-0.2, 0) is 32.5 Å². The number of aromatic nitrogens is 1. The van der Waals surface area contributed by atoms with E-state index in [-0.39, 0.29) is 23.9 Å². The fourth-order valence-corrected chi connectivity index (χ4v) is 6.94. The molecule has 2 heterocycles. The van der Waals surface area contributed by atoms with Crippen LogP contribution < -0.4 is 9.47 Å². The smallest absolute Gasteiger partial charge is 0.245 e. The van der Waals surface area contributed by atoms with Crippen molar-refractivity contribution in [3.05, 3.63) is 82.7 Å². The van der Waals surface area contributed by atoms with E-state index in [0.717, 1.165) is 10.4 Å². The Kier molecular flexibility index (Phi) is 11.3. The van der Waals surface area contributed by atoms with Gasteiger partial charge in [0, 0.05) is 42.8 Å². The first-order valence-corrected chi connectivity index (χ1v) is 16.1. The molecule has 4 aromatic rings. The summed E-state index contributed by atoms with van der Waals surface area (Å²) in [7, 11) is -0.881. The SMILES string of the molecule is CCOCCCN(CC(=O)N(CCc1ccc(OC)c(OC)c1)Cc1cccs1)S(=O)(=O)c1cccc2cccnc12. The Morgan fingerprint density at radius 3 is 2.52 bits per heavy atom. The van der Waals surface area contributed by atoms with Crippen molar-refractivity contribution < 1.29 is 27.4 Å². The highest BCUT2D eigenvalue weighted by atomic mass is 32.2. The molecule has 0 saturated carbocycles. The Balaban J connectivity index is 1.60. The fraction of sp³-hybridized carbons (Fsp3) is 0.355. The number of methoxy groups -OCH3 is 2. The lowest BCUT2D eigenvalue weighted by Crippen LogP contribution is -2.43. The molecule has 0 aliphatic heterocycles. The summed E-state index contributed by atoms with van der Waals surface area (Å²) in [4.78, 5) is 21.1. The first kappa shape index (κ1) is 31.4. The van der Waals surface area contributed by atoms with E-state index in [2.05, 4.69) is 4.98 Å². The fourth-order valence-electron chi connectivity index (χ4n) is 4.63. The molecule has 2 aromatic carbocycles. The second-order valence-corrected chi connectivity index (χ2v) is 12.5. The molecule has 0 aliphatic rings. The number of para-hydroxylation sites is 1. The molecular weight excluding hydrogens is 574 g/mol. The molecule has 4 rings (SSSR count). The third kappa shape index (κ3) is 7.86. The van der Waals surface area contributed by atoms with Crippen molar-refractivity contribution in [3.63, 3.8) is 0 Å². The molecule has 0 spiro atoms. The van der Waals surface area contributed by atoms with Gasteiger partial charge in [-0.2, -0.15) is 4.31 Å². The zero-order chi connectivity index (χ0) is 30.0. The summed E-state index contributed by atoms with van der Waals surface area (Å²) < 4.78 is 45.6. The zero-order valence-corrected chi connectivity index (χ0v) is 25.8. The van der Waals surface area contributed by atoms with Gasteiger partial charge in [-0.05, 0) is 61.0 Å². The van der Waals surface area contributed by atoms with Crippen molar-refractivity contribution in [2.75, 3.05) is 47.1 Å². The standard InChI is InChI=1S/C31H37N3O6S2/c1-4-40-19-8-17-34(42(36,37)29-12-5-9-25-10-6-16-32-31(25)29)23-30(35)33(22-26-11-7-20-41-26)18-15-24-13-14-27(38-2)28(21-24)39-3/h5-7,9-14,16,20-21H,4,8,15,17-19,22-23H2,1-3H3. The minimum atomic E-state index is -4.05. The van der Waals surface area contributed by atoms with Crippen LogP contribution in [-0.4, -0.2) is 75.6 Å². The molecule has 0 aliphatic carbocycles. The van der Waals surface area contributed by atoms with Gasteiger partial charge in [-0.15, -0.1) is 11.3 Å². The van der Waals surface area contributed by atoms with Crippen molar-refractivity contribution in [1.29, 1.82) is 0 Å². The van der Waals surface area contributed by atoms with Gasteiger partial charge in [-0.25, -0.2) is 8.42 Å². The maximum absolute atomic E-state index is 14.0. The first-order valence-electron chi connectivity index (χ1n) is 13.8. The number of pyridine rings is 1. The molecular formula is C31H37N3O6S2. The molecule has 42 heavy (non-hydrogen) atoms. The van der Waals surface area contributed by atoms with E-state index in [1.54, 1.807) is 54.9 Å². The molecule has 2 aromatic heterocycles. The molecule has 1 amide bonds. The molecule has 11 heteroatoms. The molecule has 224 valence electrons. The number of amides is 1. The van der Waals surface area contributed by atoms with Gasteiger partial charge in [0.05, 0.1) is 32.8 Å². The number of thiophene rings is 1. The third-order valence-corrected chi connectivity index (χ3v) is 9.56. The second-order valence-electron chi connectivity index (χ2n) is 9.55. The largest absolute Gasteiger partial charge is 0.493 e. The van der Waals surface area contributed by atoms with E-state index in [4.69, 9.17) is 14.2 Å². The summed E-state index contributed by atoms with van der Waals surface area (Å²) in [6, 6.07) is 18.2. The number of rotatable bonds is 16. The number of fused-ring (bicyclic) bond motifs is 1. The van der Waals surface area contributed by atoms with Crippen molar-refractivity contribution >= 4 is 38.2 Å². The topological polar surface area (TPSA) is 98.3 Å². The average Bonchev–Trinajstić information content (AvgIpc) is 3.53. The van der Waals surface area contributed by atoms with E-state index in [1.165, 1.54) is 4.31 Å². The number of carbonyl (C=O) groups is 1. The number of sulfonamides is 1. The van der Waals surface area contributed by atoms with Crippen LogP contribution in [0.2, 0.25) is 0 Å². The molecule has 0 atom stereocenters. The van der Waals surface area contributed by atoms with Gasteiger partial charge in [0.2, 0.25) is 15.9 Å². The summed E-state index contributed by atoms with van der Waals surface area (Å²) in [6.07, 6.45) is 2.58. The van der Waals surface area contributed by atoms with E-state index in [1.807, 2.05) is 54.8 Å². The molecule has 0 saturated heterocycles. The van der Waals surface area contributed by atoms with Crippen molar-refractivity contribution in [2.45, 2.75) is 31.2 Å². The predicted octanol–water partition coefficient (Wildman–Crippen LogP) is 5.00. The summed E-state index contributed by atoms with van der Waals surface area (Å²) in [5.74, 6) is 0.960. The summed E-state index contributed by atoms with van der Waals surface area (Å²) in [5.41, 5.74) is 1.35. The zero-order valence-electron chi connectivity index (χ0n) is 24.2. The number of benzene rings is 2. The highest BCUT2D eigenvalue weighted by molar-refractivity contribution is 7.89. The Labute approximate surface area is 251 Å². The van der Waals surface area contributed by atoms with Crippen LogP contribution in [0.5, 0.6) is 11.5 Å². The lowest BCUT2D eigenvalue weighted by atomic mass is 10.1. The van der Waals surface area contributed by atoms with Gasteiger partial charge in [0.1, 0.15) is 4.90 Å². The average molecular weight is 612 g/mol. The molecule has 0 unspecified atom stereocenters. The van der Waals surface area contributed by atoms with Crippen molar-refractivity contribution in [2.24, 2.45) is 0 Å². The molecule has 0 fully saturated rings. The predicted molar refractivity (Wildman–Crippen MR) is 165 cm³/mol. The highest BCUT2D eigenvalue weighted by Crippen LogP contribution is 2.28. The van der Waals surface area contributed by atoms with E-state index in [9.17, 15) is 13.2 Å². The van der Waals surface area contributed by atoms with Gasteiger partial charge < -0.3 is 19.1 Å². The molecule has 0 N–H and O–H groups in total. The normalized spacial score (nSPS) is 11.6. The van der Waals surface area contributed by atoms with Crippen LogP contribution in [0, 0.1) is 0 Å². The van der Waals surface area contributed by atoms with Gasteiger partial charge in [0.25, 0.3) is 0 Å². The molecule has 0 radical (unpaired) electrons. The monoisotopic (exact) mass is 611 g/mol. The Morgan fingerprint density at radius 1 is 0.976 bits per heavy atom. The van der Waals surface area contributed by atoms with Crippen molar-refractivity contribution in [3.8, 4) is 11.5 Å². The number of hydrogen-bond acceptors (Lipinski definition) is 8. The lowest BCUT2D eigenvalue weighted by molar-refractivity contribution is -0.132. The maximum atomic E-state index is 14.0. The maximum Gasteiger partial charge on any atom is 0.245 e. The van der Waals surface area contributed by atoms with E-state index in [0.29, 0.717) is 61.5 Å². The highest BCUT2D eigenvalue weighted by Gasteiger charge is 2.30. The van der Waals surface area contributed by atoms with Crippen LogP contribution in [0.3, 0.4) is 0 Å². The Hall–Kier alpha value is -3.51. The molecule has 0 bridgehead atoms. The van der Waals surface area contributed by atoms with Crippen LogP contribution in [0.4, 0.5) is 0 Å². The Morgan fingerprint density at radius 2 is 1.79 bits per heavy atom. The summed E-state index contributed by atoms with van der Waals surface area (Å²) >= 11 is 1.56. The van der Waals surface area contributed by atoms with E-state index >= 15 is 0 Å². The Bertz CT molecular complexity index is 1550. The number of nitrogens with zero attached hydrogens (tertiary/aromatic N) is 3.